The summed E-state index contributed by atoms with van der Waals surface area (Å²) in [5.41, 5.74) is 2.81. The minimum absolute atomic E-state index is 0.0900. The summed E-state index contributed by atoms with van der Waals surface area (Å²) in [6, 6.07) is 5.79. The van der Waals surface area contributed by atoms with Crippen LogP contribution in [0.5, 0.6) is 0 Å². The van der Waals surface area contributed by atoms with Crippen molar-refractivity contribution in [1.82, 2.24) is 0 Å². The third kappa shape index (κ3) is 3.74. The number of likely N-dealkylation sites (N-methyl/N-ethyl adjacent to an activating group) is 1. The molecule has 4 nitrogen and oxygen atoms in total. The first-order valence-electron chi connectivity index (χ1n) is 8.90. The van der Waals surface area contributed by atoms with Crippen molar-refractivity contribution in [2.45, 2.75) is 58.3 Å². The van der Waals surface area contributed by atoms with Crippen molar-refractivity contribution in [3.63, 3.8) is 0 Å². The molecule has 1 aliphatic carbocycles. The predicted octanol–water partition coefficient (Wildman–Crippen LogP) is 3.89. The number of rotatable bonds is 5. The highest BCUT2D eigenvalue weighted by Crippen LogP contribution is 2.31. The van der Waals surface area contributed by atoms with Crippen LogP contribution in [0, 0.1) is 5.92 Å². The van der Waals surface area contributed by atoms with E-state index < -0.39 is 0 Å². The average Bonchev–Trinajstić information content (AvgIpc) is 2.88. The molecule has 0 atom stereocenters. The van der Waals surface area contributed by atoms with Gasteiger partial charge in [-0.15, -0.1) is 0 Å². The molecule has 124 valence electrons. The van der Waals surface area contributed by atoms with Crippen molar-refractivity contribution >= 4 is 23.2 Å². The van der Waals surface area contributed by atoms with E-state index in [0.29, 0.717) is 19.4 Å². The molecule has 1 aromatic rings. The lowest BCUT2D eigenvalue weighted by molar-refractivity contribution is -0.117. The van der Waals surface area contributed by atoms with Crippen molar-refractivity contribution in [1.29, 1.82) is 0 Å². The van der Waals surface area contributed by atoms with Gasteiger partial charge in [-0.2, -0.15) is 0 Å². The minimum atomic E-state index is 0.0900. The first-order chi connectivity index (χ1) is 11.2. The lowest BCUT2D eigenvalue weighted by Gasteiger charge is -2.21. The molecule has 2 aliphatic rings. The van der Waals surface area contributed by atoms with Gasteiger partial charge >= 0.3 is 0 Å². The number of hydrogen-bond donors (Lipinski definition) is 1. The van der Waals surface area contributed by atoms with Crippen LogP contribution in [0.4, 0.5) is 11.4 Å². The van der Waals surface area contributed by atoms with Gasteiger partial charge in [0.05, 0.1) is 6.42 Å². The number of carbonyl (C=O) groups excluding carboxylic acids is 2. The number of hydrogen-bond acceptors (Lipinski definition) is 2. The van der Waals surface area contributed by atoms with Crippen LogP contribution in [0.25, 0.3) is 0 Å². The van der Waals surface area contributed by atoms with Gasteiger partial charge in [0.1, 0.15) is 0 Å². The molecule has 23 heavy (non-hydrogen) atoms. The predicted molar refractivity (Wildman–Crippen MR) is 92.6 cm³/mol. The second-order valence-electron chi connectivity index (χ2n) is 6.75. The molecule has 0 radical (unpaired) electrons. The first-order valence-corrected chi connectivity index (χ1v) is 8.90. The summed E-state index contributed by atoms with van der Waals surface area (Å²) in [5, 5.41) is 2.99. The molecule has 0 aromatic heterocycles. The Hall–Kier alpha value is -1.84. The topological polar surface area (TPSA) is 49.4 Å². The minimum Gasteiger partial charge on any atom is -0.326 e. The third-order valence-electron chi connectivity index (χ3n) is 5.12. The zero-order valence-electron chi connectivity index (χ0n) is 13.9. The summed E-state index contributed by atoms with van der Waals surface area (Å²) in [6.45, 7) is 2.67. The van der Waals surface area contributed by atoms with Gasteiger partial charge in [0.15, 0.2) is 0 Å². The Balaban J connectivity index is 1.55. The van der Waals surface area contributed by atoms with Gasteiger partial charge in [0.2, 0.25) is 11.8 Å². The van der Waals surface area contributed by atoms with E-state index in [1.54, 1.807) is 4.90 Å². The van der Waals surface area contributed by atoms with E-state index in [0.717, 1.165) is 29.3 Å². The fourth-order valence-electron chi connectivity index (χ4n) is 3.84. The normalized spacial score (nSPS) is 18.1. The lowest BCUT2D eigenvalue weighted by atomic mass is 9.86. The van der Waals surface area contributed by atoms with Gasteiger partial charge in [-0.1, -0.05) is 32.1 Å². The zero-order valence-corrected chi connectivity index (χ0v) is 13.9. The standard InChI is InChI=1S/C19H26N2O2/c1-2-21-17-10-9-16(12-15(17)13-19(21)23)20-18(22)11-8-14-6-4-3-5-7-14/h9-10,12,14H,2-8,11,13H2,1H3,(H,20,22). The fourth-order valence-corrected chi connectivity index (χ4v) is 3.84. The fraction of sp³-hybridized carbons (Fsp3) is 0.579. The molecular formula is C19H26N2O2. The summed E-state index contributed by atoms with van der Waals surface area (Å²) in [5.74, 6) is 0.959. The van der Waals surface area contributed by atoms with Gasteiger partial charge in [-0.3, -0.25) is 9.59 Å². The maximum atomic E-state index is 12.2. The van der Waals surface area contributed by atoms with E-state index in [1.807, 2.05) is 25.1 Å². The highest BCUT2D eigenvalue weighted by Gasteiger charge is 2.26. The molecule has 0 bridgehead atoms. The maximum absolute atomic E-state index is 12.2. The summed E-state index contributed by atoms with van der Waals surface area (Å²) in [4.78, 5) is 25.9. The number of anilines is 2. The molecule has 1 N–H and O–H groups in total. The second-order valence-corrected chi connectivity index (χ2v) is 6.75. The van der Waals surface area contributed by atoms with Gasteiger partial charge in [0, 0.05) is 24.3 Å². The first kappa shape index (κ1) is 16.0. The summed E-state index contributed by atoms with van der Waals surface area (Å²) in [6.07, 6.45) is 8.58. The molecule has 1 heterocycles. The van der Waals surface area contributed by atoms with Crippen molar-refractivity contribution in [3.8, 4) is 0 Å². The Morgan fingerprint density at radius 3 is 2.78 bits per heavy atom. The van der Waals surface area contributed by atoms with Crippen LogP contribution in [0.3, 0.4) is 0 Å². The molecule has 2 amide bonds. The molecule has 1 aliphatic heterocycles. The van der Waals surface area contributed by atoms with E-state index in [9.17, 15) is 9.59 Å². The molecule has 1 saturated carbocycles. The summed E-state index contributed by atoms with van der Waals surface area (Å²) >= 11 is 0. The third-order valence-corrected chi connectivity index (χ3v) is 5.12. The number of carbonyl (C=O) groups is 2. The van der Waals surface area contributed by atoms with Crippen LogP contribution in [-0.2, 0) is 16.0 Å². The van der Waals surface area contributed by atoms with Crippen molar-refractivity contribution < 1.29 is 9.59 Å². The number of benzene rings is 1. The van der Waals surface area contributed by atoms with E-state index in [2.05, 4.69) is 5.32 Å². The average molecular weight is 314 g/mol. The maximum Gasteiger partial charge on any atom is 0.231 e. The number of nitrogens with zero attached hydrogens (tertiary/aromatic N) is 1. The number of amides is 2. The largest absolute Gasteiger partial charge is 0.326 e. The monoisotopic (exact) mass is 314 g/mol. The quantitative estimate of drug-likeness (QED) is 0.896. The van der Waals surface area contributed by atoms with Crippen LogP contribution in [-0.4, -0.2) is 18.4 Å². The molecule has 1 fully saturated rings. The second kappa shape index (κ2) is 7.16. The summed E-state index contributed by atoms with van der Waals surface area (Å²) < 4.78 is 0. The van der Waals surface area contributed by atoms with Crippen molar-refractivity contribution in [2.75, 3.05) is 16.8 Å². The molecular weight excluding hydrogens is 288 g/mol. The highest BCUT2D eigenvalue weighted by molar-refractivity contribution is 6.02. The van der Waals surface area contributed by atoms with Gasteiger partial charge in [0.25, 0.3) is 0 Å². The Kier molecular flexibility index (Phi) is 4.99. The summed E-state index contributed by atoms with van der Waals surface area (Å²) in [7, 11) is 0. The van der Waals surface area contributed by atoms with Gasteiger partial charge < -0.3 is 10.2 Å². The van der Waals surface area contributed by atoms with Gasteiger partial charge in [-0.05, 0) is 43.0 Å². The van der Waals surface area contributed by atoms with Crippen LogP contribution in [0.2, 0.25) is 0 Å². The van der Waals surface area contributed by atoms with Crippen LogP contribution >= 0.6 is 0 Å². The molecule has 0 spiro atoms. The Labute approximate surface area is 138 Å². The number of nitrogens with one attached hydrogen (secondary N) is 1. The van der Waals surface area contributed by atoms with E-state index in [1.165, 1.54) is 32.1 Å². The Morgan fingerprint density at radius 2 is 2.04 bits per heavy atom. The zero-order chi connectivity index (χ0) is 16.2. The van der Waals surface area contributed by atoms with Crippen LogP contribution in [0.15, 0.2) is 18.2 Å². The lowest BCUT2D eigenvalue weighted by Crippen LogP contribution is -2.25. The number of fused-ring (bicyclic) bond motifs is 1. The van der Waals surface area contributed by atoms with Crippen molar-refractivity contribution in [3.05, 3.63) is 23.8 Å². The van der Waals surface area contributed by atoms with E-state index >= 15 is 0 Å². The van der Waals surface area contributed by atoms with Gasteiger partial charge in [-0.25, -0.2) is 0 Å². The molecule has 3 rings (SSSR count). The molecule has 4 heteroatoms. The molecule has 0 saturated heterocycles. The smallest absolute Gasteiger partial charge is 0.231 e. The SMILES string of the molecule is CCN1C(=O)Cc2cc(NC(=O)CCC3CCCCC3)ccc21. The van der Waals surface area contributed by atoms with Crippen molar-refractivity contribution in [2.24, 2.45) is 5.92 Å². The van der Waals surface area contributed by atoms with E-state index in [-0.39, 0.29) is 11.8 Å². The molecule has 0 unspecified atom stereocenters. The molecule has 1 aromatic carbocycles. The Morgan fingerprint density at radius 1 is 1.26 bits per heavy atom. The highest BCUT2D eigenvalue weighted by atomic mass is 16.2. The van der Waals surface area contributed by atoms with Crippen LogP contribution in [0.1, 0.15) is 57.4 Å². The Bertz CT molecular complexity index is 591. The van der Waals surface area contributed by atoms with Crippen LogP contribution < -0.4 is 10.2 Å². The van der Waals surface area contributed by atoms with E-state index in [4.69, 9.17) is 0 Å².